The van der Waals surface area contributed by atoms with Gasteiger partial charge in [0, 0.05) is 11.8 Å². The highest BCUT2D eigenvalue weighted by Crippen LogP contribution is 2.35. The van der Waals surface area contributed by atoms with E-state index in [0.29, 0.717) is 17.1 Å². The summed E-state index contributed by atoms with van der Waals surface area (Å²) in [6.45, 7) is 3.87. The van der Waals surface area contributed by atoms with Crippen molar-refractivity contribution in [2.45, 2.75) is 32.4 Å². The first-order valence-electron chi connectivity index (χ1n) is 8.85. The number of halogens is 1. The molecule has 2 amide bonds. The van der Waals surface area contributed by atoms with Crippen LogP contribution in [0.1, 0.15) is 24.0 Å². The number of benzene rings is 1. The number of nitrogens with two attached hydrogens (primary N) is 2. The maximum atomic E-state index is 14.5. The lowest BCUT2D eigenvalue weighted by molar-refractivity contribution is -0.663. The highest BCUT2D eigenvalue weighted by Gasteiger charge is 2.39. The van der Waals surface area contributed by atoms with E-state index >= 15 is 0 Å². The van der Waals surface area contributed by atoms with Crippen LogP contribution in [-0.4, -0.2) is 35.1 Å². The number of piperidine rings is 1. The normalized spacial score (nSPS) is 20.2. The van der Waals surface area contributed by atoms with Crippen LogP contribution in [0.25, 0.3) is 0 Å². The molecule has 0 radical (unpaired) electrons. The minimum Gasteiger partial charge on any atom is -0.368 e. The molecule has 1 aromatic heterocycles. The summed E-state index contributed by atoms with van der Waals surface area (Å²) in [5, 5.41) is 2.19. The van der Waals surface area contributed by atoms with Crippen molar-refractivity contribution in [3.8, 4) is 0 Å². The van der Waals surface area contributed by atoms with Gasteiger partial charge in [0.2, 0.25) is 5.95 Å². The van der Waals surface area contributed by atoms with Gasteiger partial charge >= 0.3 is 6.03 Å². The zero-order valence-electron chi connectivity index (χ0n) is 14.7. The molecule has 8 heteroatoms. The molecule has 0 saturated carbocycles. The van der Waals surface area contributed by atoms with Crippen LogP contribution in [0.5, 0.6) is 0 Å². The number of aryl methyl sites for hydroxylation is 1. The first kappa shape index (κ1) is 16.7. The quantitative estimate of drug-likeness (QED) is 0.844. The first-order chi connectivity index (χ1) is 12.6. The number of nitrogens with zero attached hydrogens (tertiary/aromatic N) is 4. The van der Waals surface area contributed by atoms with E-state index in [1.807, 2.05) is 0 Å². The van der Waals surface area contributed by atoms with Gasteiger partial charge in [-0.1, -0.05) is 12.1 Å². The second kappa shape index (κ2) is 6.53. The molecule has 2 aliphatic heterocycles. The summed E-state index contributed by atoms with van der Waals surface area (Å²) < 4.78 is 14.5. The number of hydrogen-bond donors (Lipinski definition) is 2. The zero-order valence-corrected chi connectivity index (χ0v) is 14.7. The molecule has 1 atom stereocenters. The van der Waals surface area contributed by atoms with Crippen LogP contribution in [0, 0.1) is 12.7 Å². The van der Waals surface area contributed by atoms with Gasteiger partial charge in [0.05, 0.1) is 31.4 Å². The Hall–Kier alpha value is -2.74. The maximum absolute atomic E-state index is 14.5. The van der Waals surface area contributed by atoms with E-state index < -0.39 is 5.82 Å². The average Bonchev–Trinajstić information content (AvgIpc) is 2.63. The van der Waals surface area contributed by atoms with Crippen LogP contribution < -0.4 is 20.9 Å². The number of rotatable bonds is 2. The van der Waals surface area contributed by atoms with Gasteiger partial charge in [-0.2, -0.15) is 4.98 Å². The van der Waals surface area contributed by atoms with Gasteiger partial charge in [0.1, 0.15) is 11.6 Å². The molecule has 0 unspecified atom stereocenters. The Bertz CT molecular complexity index is 831. The monoisotopic (exact) mass is 357 g/mol. The summed E-state index contributed by atoms with van der Waals surface area (Å²) in [5.41, 5.74) is 7.57. The van der Waals surface area contributed by atoms with Crippen molar-refractivity contribution in [3.05, 3.63) is 41.3 Å². The van der Waals surface area contributed by atoms with Gasteiger partial charge in [-0.15, -0.1) is 0 Å². The van der Waals surface area contributed by atoms with Crippen molar-refractivity contribution in [3.63, 3.8) is 0 Å². The lowest BCUT2D eigenvalue weighted by Gasteiger charge is -2.40. The van der Waals surface area contributed by atoms with E-state index in [1.165, 1.54) is 11.0 Å². The molecule has 0 bridgehead atoms. The molecular weight excluding hydrogens is 335 g/mol. The Morgan fingerprint density at radius 1 is 1.38 bits per heavy atom. The molecule has 4 N–H and O–H groups in total. The van der Waals surface area contributed by atoms with Crippen molar-refractivity contribution in [2.75, 3.05) is 28.6 Å². The standard InChI is InChI=1S/C18H21FN6O/c1-11-4-2-6-14(19)15(11)24-10-12-8-22-17(20)23-16(12)25(18(24)26)13-5-3-7-21-9-13/h2,4,6,8,13,21H,3,5,7,9-10H2,1H3,(H2,20,22,23)/p+1/t13-/m1/s1. The Balaban J connectivity index is 1.82. The van der Waals surface area contributed by atoms with Gasteiger partial charge < -0.3 is 11.1 Å². The van der Waals surface area contributed by atoms with E-state index in [9.17, 15) is 9.18 Å². The highest BCUT2D eigenvalue weighted by molar-refractivity contribution is 6.06. The SMILES string of the molecule is Cc1cccc(F)c1N1Cc2cnc(N)nc2N([C@@H]2CCC[NH2+]C2)C1=O. The van der Waals surface area contributed by atoms with Crippen LogP contribution in [0.15, 0.2) is 24.4 Å². The van der Waals surface area contributed by atoms with Crippen molar-refractivity contribution in [2.24, 2.45) is 0 Å². The molecule has 136 valence electrons. The number of carbonyl (C=O) groups excluding carboxylic acids is 1. The van der Waals surface area contributed by atoms with Crippen LogP contribution in [0.2, 0.25) is 0 Å². The third-order valence-electron chi connectivity index (χ3n) is 5.06. The summed E-state index contributed by atoms with van der Waals surface area (Å²) in [6.07, 6.45) is 3.53. The fourth-order valence-corrected chi connectivity index (χ4v) is 3.82. The lowest BCUT2D eigenvalue weighted by atomic mass is 10.0. The van der Waals surface area contributed by atoms with E-state index in [2.05, 4.69) is 15.3 Å². The molecule has 4 rings (SSSR count). The molecule has 26 heavy (non-hydrogen) atoms. The Morgan fingerprint density at radius 3 is 2.96 bits per heavy atom. The van der Waals surface area contributed by atoms with E-state index in [1.54, 1.807) is 30.2 Å². The van der Waals surface area contributed by atoms with Crippen LogP contribution in [0.4, 0.5) is 26.6 Å². The molecule has 1 saturated heterocycles. The van der Waals surface area contributed by atoms with Gasteiger partial charge in [-0.3, -0.25) is 9.80 Å². The number of hydrogen-bond acceptors (Lipinski definition) is 4. The molecule has 0 aliphatic carbocycles. The Morgan fingerprint density at radius 2 is 2.23 bits per heavy atom. The first-order valence-corrected chi connectivity index (χ1v) is 8.85. The predicted octanol–water partition coefficient (Wildman–Crippen LogP) is 1.18. The number of fused-ring (bicyclic) bond motifs is 1. The molecule has 3 heterocycles. The number of para-hydroxylation sites is 1. The minimum absolute atomic E-state index is 0.000760. The van der Waals surface area contributed by atoms with E-state index in [4.69, 9.17) is 5.73 Å². The molecular formula is C18H22FN6O+. The zero-order chi connectivity index (χ0) is 18.3. The lowest BCUT2D eigenvalue weighted by Crippen LogP contribution is -2.89. The van der Waals surface area contributed by atoms with Gasteiger partial charge in [-0.05, 0) is 31.4 Å². The average molecular weight is 357 g/mol. The van der Waals surface area contributed by atoms with Crippen LogP contribution in [-0.2, 0) is 6.54 Å². The number of quaternary nitrogens is 1. The number of anilines is 3. The fraction of sp³-hybridized carbons (Fsp3) is 0.389. The van der Waals surface area contributed by atoms with Gasteiger partial charge in [0.25, 0.3) is 0 Å². The topological polar surface area (TPSA) is 92.0 Å². The molecule has 7 nitrogen and oxygen atoms in total. The summed E-state index contributed by atoms with van der Waals surface area (Å²) in [6, 6.07) is 4.57. The number of aromatic nitrogens is 2. The van der Waals surface area contributed by atoms with Crippen molar-refractivity contribution in [1.29, 1.82) is 0 Å². The van der Waals surface area contributed by atoms with Crippen molar-refractivity contribution in [1.82, 2.24) is 9.97 Å². The van der Waals surface area contributed by atoms with Crippen LogP contribution in [0.3, 0.4) is 0 Å². The molecule has 0 spiro atoms. The van der Waals surface area contributed by atoms with Crippen molar-refractivity contribution < 1.29 is 14.5 Å². The highest BCUT2D eigenvalue weighted by atomic mass is 19.1. The van der Waals surface area contributed by atoms with E-state index in [-0.39, 0.29) is 24.6 Å². The van der Waals surface area contributed by atoms with E-state index in [0.717, 1.165) is 31.5 Å². The number of urea groups is 1. The van der Waals surface area contributed by atoms with Gasteiger partial charge in [0.15, 0.2) is 0 Å². The largest absolute Gasteiger partial charge is 0.368 e. The van der Waals surface area contributed by atoms with Gasteiger partial charge in [-0.25, -0.2) is 14.2 Å². The third kappa shape index (κ3) is 2.76. The number of carbonyl (C=O) groups is 1. The summed E-state index contributed by atoms with van der Waals surface area (Å²) in [4.78, 5) is 24.9. The Kier molecular flexibility index (Phi) is 4.20. The smallest absolute Gasteiger partial charge is 0.331 e. The molecule has 2 aliphatic rings. The molecule has 1 aromatic carbocycles. The predicted molar refractivity (Wildman–Crippen MR) is 96.3 cm³/mol. The Labute approximate surface area is 151 Å². The summed E-state index contributed by atoms with van der Waals surface area (Å²) in [5.74, 6) is 0.276. The second-order valence-electron chi connectivity index (χ2n) is 6.83. The van der Waals surface area contributed by atoms with Crippen LogP contribution >= 0.6 is 0 Å². The van der Waals surface area contributed by atoms with Crippen molar-refractivity contribution >= 4 is 23.5 Å². The third-order valence-corrected chi connectivity index (χ3v) is 5.06. The second-order valence-corrected chi connectivity index (χ2v) is 6.83. The fourth-order valence-electron chi connectivity index (χ4n) is 3.82. The molecule has 2 aromatic rings. The number of nitrogen functional groups attached to an aromatic ring is 1. The number of amides is 2. The summed E-state index contributed by atoms with van der Waals surface area (Å²) >= 11 is 0. The molecule has 1 fully saturated rings. The minimum atomic E-state index is -0.409. The summed E-state index contributed by atoms with van der Waals surface area (Å²) in [7, 11) is 0. The maximum Gasteiger partial charge on any atom is 0.331 e.